The molecule has 2 aromatic carbocycles. The molecule has 0 saturated heterocycles. The Morgan fingerprint density at radius 1 is 1.12 bits per heavy atom. The van der Waals surface area contributed by atoms with Crippen molar-refractivity contribution in [3.63, 3.8) is 0 Å². The second-order valence-electron chi connectivity index (χ2n) is 5.34. The van der Waals surface area contributed by atoms with Gasteiger partial charge in [-0.15, -0.1) is 0 Å². The van der Waals surface area contributed by atoms with E-state index in [0.717, 1.165) is 22.7 Å². The molecule has 2 rings (SSSR count). The van der Waals surface area contributed by atoms with Crippen LogP contribution in [0.1, 0.15) is 19.4 Å². The summed E-state index contributed by atoms with van der Waals surface area (Å²) in [5.41, 5.74) is 5.19. The van der Waals surface area contributed by atoms with Crippen LogP contribution in [0.3, 0.4) is 0 Å². The maximum absolute atomic E-state index is 11.8. The first-order valence-electron chi connectivity index (χ1n) is 8.20. The number of anilines is 1. The first kappa shape index (κ1) is 18.3. The van der Waals surface area contributed by atoms with Gasteiger partial charge in [0.1, 0.15) is 5.75 Å². The quantitative estimate of drug-likeness (QED) is 0.570. The van der Waals surface area contributed by atoms with Crippen LogP contribution in [0.25, 0.3) is 6.08 Å². The summed E-state index contributed by atoms with van der Waals surface area (Å²) in [5, 5.41) is 7.10. The number of hydrogen-bond donors (Lipinski definition) is 2. The van der Waals surface area contributed by atoms with E-state index in [2.05, 4.69) is 15.8 Å². The van der Waals surface area contributed by atoms with Crippen LogP contribution in [0.4, 0.5) is 5.69 Å². The fourth-order valence-electron chi connectivity index (χ4n) is 2.03. The van der Waals surface area contributed by atoms with Crippen LogP contribution in [0.5, 0.6) is 5.75 Å². The normalized spacial score (nSPS) is 11.4. The standard InChI is InChI=1S/C20H23N3O2/c1-3-25-19-13-11-18(12-14-19)21-15-20(24)23-22-16(2)9-10-17-7-5-4-6-8-17/h4-14,21H,3,15H2,1-2H3,(H,23,24)/b10-9+,22-16+. The number of rotatable bonds is 8. The van der Waals surface area contributed by atoms with E-state index in [9.17, 15) is 4.79 Å². The summed E-state index contributed by atoms with van der Waals surface area (Å²) in [7, 11) is 0. The lowest BCUT2D eigenvalue weighted by Crippen LogP contribution is -2.26. The fourth-order valence-corrected chi connectivity index (χ4v) is 2.03. The smallest absolute Gasteiger partial charge is 0.259 e. The van der Waals surface area contributed by atoms with Gasteiger partial charge in [-0.1, -0.05) is 36.4 Å². The van der Waals surface area contributed by atoms with Crippen molar-refractivity contribution in [3.8, 4) is 5.75 Å². The highest BCUT2D eigenvalue weighted by atomic mass is 16.5. The minimum absolute atomic E-state index is 0.146. The summed E-state index contributed by atoms with van der Waals surface area (Å²) in [4.78, 5) is 11.8. The Morgan fingerprint density at radius 2 is 1.84 bits per heavy atom. The number of carbonyl (C=O) groups is 1. The van der Waals surface area contributed by atoms with Crippen LogP contribution >= 0.6 is 0 Å². The largest absolute Gasteiger partial charge is 0.494 e. The predicted molar refractivity (Wildman–Crippen MR) is 103 cm³/mol. The van der Waals surface area contributed by atoms with Gasteiger partial charge in [0.05, 0.1) is 18.9 Å². The lowest BCUT2D eigenvalue weighted by molar-refractivity contribution is -0.119. The molecule has 0 unspecified atom stereocenters. The molecule has 0 aromatic heterocycles. The number of allylic oxidation sites excluding steroid dienone is 1. The average Bonchev–Trinajstić information content (AvgIpc) is 2.65. The predicted octanol–water partition coefficient (Wildman–Crippen LogP) is 3.70. The third-order valence-corrected chi connectivity index (χ3v) is 3.29. The van der Waals surface area contributed by atoms with Crippen molar-refractivity contribution < 1.29 is 9.53 Å². The zero-order chi connectivity index (χ0) is 17.9. The Balaban J connectivity index is 1.76. The molecule has 0 aliphatic heterocycles. The van der Waals surface area contributed by atoms with Crippen molar-refractivity contribution in [1.82, 2.24) is 5.43 Å². The number of amides is 1. The van der Waals surface area contributed by atoms with Gasteiger partial charge in [-0.25, -0.2) is 5.43 Å². The van der Waals surface area contributed by atoms with E-state index in [4.69, 9.17) is 4.74 Å². The van der Waals surface area contributed by atoms with Crippen molar-refractivity contribution in [2.75, 3.05) is 18.5 Å². The van der Waals surface area contributed by atoms with Crippen LogP contribution < -0.4 is 15.5 Å². The van der Waals surface area contributed by atoms with E-state index < -0.39 is 0 Å². The van der Waals surface area contributed by atoms with Gasteiger partial charge in [-0.2, -0.15) is 5.10 Å². The monoisotopic (exact) mass is 337 g/mol. The summed E-state index contributed by atoms with van der Waals surface area (Å²) in [6.07, 6.45) is 3.80. The first-order chi connectivity index (χ1) is 12.2. The molecule has 1 amide bonds. The molecule has 2 N–H and O–H groups in total. The topological polar surface area (TPSA) is 62.7 Å². The summed E-state index contributed by atoms with van der Waals surface area (Å²) >= 11 is 0. The van der Waals surface area contributed by atoms with Gasteiger partial charge in [0.15, 0.2) is 0 Å². The number of hydrazone groups is 1. The van der Waals surface area contributed by atoms with E-state index >= 15 is 0 Å². The average molecular weight is 337 g/mol. The summed E-state index contributed by atoms with van der Waals surface area (Å²) < 4.78 is 5.37. The molecule has 0 heterocycles. The zero-order valence-corrected chi connectivity index (χ0v) is 14.5. The van der Waals surface area contributed by atoms with E-state index in [0.29, 0.717) is 6.61 Å². The number of nitrogens with zero attached hydrogens (tertiary/aromatic N) is 1. The summed E-state index contributed by atoms with van der Waals surface area (Å²) in [6.45, 7) is 4.55. The van der Waals surface area contributed by atoms with Crippen LogP contribution in [0.2, 0.25) is 0 Å². The molecule has 0 atom stereocenters. The minimum Gasteiger partial charge on any atom is -0.494 e. The minimum atomic E-state index is -0.207. The molecular formula is C20H23N3O2. The Hall–Kier alpha value is -3.08. The van der Waals surface area contributed by atoms with E-state index in [1.807, 2.05) is 80.6 Å². The molecule has 0 spiro atoms. The van der Waals surface area contributed by atoms with Gasteiger partial charge < -0.3 is 10.1 Å². The second kappa shape index (κ2) is 9.93. The van der Waals surface area contributed by atoms with Crippen LogP contribution in [0.15, 0.2) is 65.8 Å². The van der Waals surface area contributed by atoms with Crippen LogP contribution in [0, 0.1) is 0 Å². The number of carbonyl (C=O) groups excluding carboxylic acids is 1. The highest BCUT2D eigenvalue weighted by molar-refractivity contribution is 5.97. The van der Waals surface area contributed by atoms with Crippen molar-refractivity contribution >= 4 is 23.4 Å². The van der Waals surface area contributed by atoms with Crippen molar-refractivity contribution in [2.24, 2.45) is 5.10 Å². The molecule has 2 aromatic rings. The highest BCUT2D eigenvalue weighted by Crippen LogP contribution is 2.15. The molecule has 25 heavy (non-hydrogen) atoms. The number of ether oxygens (including phenoxy) is 1. The van der Waals surface area contributed by atoms with Gasteiger partial charge in [0.2, 0.25) is 0 Å². The maximum Gasteiger partial charge on any atom is 0.259 e. The lowest BCUT2D eigenvalue weighted by atomic mass is 10.2. The molecule has 5 nitrogen and oxygen atoms in total. The number of nitrogens with one attached hydrogen (secondary N) is 2. The van der Waals surface area contributed by atoms with Gasteiger partial charge >= 0.3 is 0 Å². The first-order valence-corrected chi connectivity index (χ1v) is 8.20. The molecule has 0 aliphatic rings. The fraction of sp³-hybridized carbons (Fsp3) is 0.200. The molecule has 130 valence electrons. The number of hydrogen-bond acceptors (Lipinski definition) is 4. The number of benzene rings is 2. The summed E-state index contributed by atoms with van der Waals surface area (Å²) in [5.74, 6) is 0.601. The maximum atomic E-state index is 11.8. The van der Waals surface area contributed by atoms with E-state index in [-0.39, 0.29) is 12.5 Å². The lowest BCUT2D eigenvalue weighted by Gasteiger charge is -2.07. The third kappa shape index (κ3) is 6.91. The molecule has 0 saturated carbocycles. The molecular weight excluding hydrogens is 314 g/mol. The Morgan fingerprint density at radius 3 is 2.52 bits per heavy atom. The Kier molecular flexibility index (Phi) is 7.25. The van der Waals surface area contributed by atoms with Crippen molar-refractivity contribution in [3.05, 3.63) is 66.2 Å². The highest BCUT2D eigenvalue weighted by Gasteiger charge is 2.00. The van der Waals surface area contributed by atoms with E-state index in [1.54, 1.807) is 0 Å². The summed E-state index contributed by atoms with van der Waals surface area (Å²) in [6, 6.07) is 17.4. The SMILES string of the molecule is CCOc1ccc(NCC(=O)N/N=C(C)/C=C/c2ccccc2)cc1. The third-order valence-electron chi connectivity index (χ3n) is 3.29. The van der Waals surface area contributed by atoms with Gasteiger partial charge in [0, 0.05) is 5.69 Å². The second-order valence-corrected chi connectivity index (χ2v) is 5.34. The van der Waals surface area contributed by atoms with Crippen molar-refractivity contribution in [2.45, 2.75) is 13.8 Å². The molecule has 0 aliphatic carbocycles. The molecule has 5 heteroatoms. The molecule has 0 radical (unpaired) electrons. The van der Waals surface area contributed by atoms with Gasteiger partial charge in [0.25, 0.3) is 5.91 Å². The molecule has 0 bridgehead atoms. The van der Waals surface area contributed by atoms with Crippen LogP contribution in [-0.2, 0) is 4.79 Å². The Bertz CT molecular complexity index is 722. The molecule has 0 fully saturated rings. The van der Waals surface area contributed by atoms with Gasteiger partial charge in [-0.3, -0.25) is 4.79 Å². The van der Waals surface area contributed by atoms with E-state index in [1.165, 1.54) is 0 Å². The van der Waals surface area contributed by atoms with Crippen LogP contribution in [-0.4, -0.2) is 24.8 Å². The zero-order valence-electron chi connectivity index (χ0n) is 14.5. The van der Waals surface area contributed by atoms with Gasteiger partial charge in [-0.05, 0) is 49.8 Å². The Labute approximate surface area is 148 Å². The van der Waals surface area contributed by atoms with Crippen molar-refractivity contribution in [1.29, 1.82) is 0 Å².